The summed E-state index contributed by atoms with van der Waals surface area (Å²) in [7, 11) is 1.54. The third-order valence-corrected chi connectivity index (χ3v) is 7.10. The molecule has 0 radical (unpaired) electrons. The number of carbonyl (C=O) groups is 3. The van der Waals surface area contributed by atoms with E-state index in [-0.39, 0.29) is 30.7 Å². The van der Waals surface area contributed by atoms with Gasteiger partial charge in [-0.05, 0) is 36.4 Å². The summed E-state index contributed by atoms with van der Waals surface area (Å²) in [5.74, 6) is -0.328. The van der Waals surface area contributed by atoms with Gasteiger partial charge >= 0.3 is 0 Å². The van der Waals surface area contributed by atoms with Crippen molar-refractivity contribution in [2.45, 2.75) is 31.4 Å². The fourth-order valence-corrected chi connectivity index (χ4v) is 4.84. The van der Waals surface area contributed by atoms with E-state index >= 15 is 0 Å². The van der Waals surface area contributed by atoms with Crippen LogP contribution in [0.5, 0.6) is 11.8 Å². The average molecular weight is 592 g/mol. The second-order valence-electron chi connectivity index (χ2n) is 9.78. The van der Waals surface area contributed by atoms with E-state index in [1.807, 2.05) is 0 Å². The zero-order valence-corrected chi connectivity index (χ0v) is 23.7. The molecule has 1 saturated heterocycles. The molecule has 2 N–H and O–H groups in total. The molecule has 5 rings (SSSR count). The molecule has 4 aromatic rings. The van der Waals surface area contributed by atoms with Crippen molar-refractivity contribution < 1.29 is 28.3 Å². The number of amides is 3. The smallest absolute Gasteiger partial charge is 0.287 e. The highest BCUT2D eigenvalue weighted by Crippen LogP contribution is 2.23. The maximum absolute atomic E-state index is 13.2. The van der Waals surface area contributed by atoms with E-state index in [2.05, 4.69) is 20.6 Å². The molecule has 0 aliphatic carbocycles. The first-order valence-electron chi connectivity index (χ1n) is 13.5. The maximum Gasteiger partial charge on any atom is 0.287 e. The van der Waals surface area contributed by atoms with Crippen molar-refractivity contribution in [3.63, 3.8) is 0 Å². The molecule has 218 valence electrons. The van der Waals surface area contributed by atoms with Gasteiger partial charge in [-0.25, -0.2) is 0 Å². The number of aromatic nitrogens is 2. The van der Waals surface area contributed by atoms with Crippen LogP contribution in [0.25, 0.3) is 11.0 Å². The van der Waals surface area contributed by atoms with Crippen LogP contribution >= 0.6 is 11.6 Å². The van der Waals surface area contributed by atoms with Crippen LogP contribution in [0.15, 0.2) is 71.3 Å². The van der Waals surface area contributed by atoms with Crippen molar-refractivity contribution in [1.29, 1.82) is 0 Å². The van der Waals surface area contributed by atoms with Crippen molar-refractivity contribution in [2.75, 3.05) is 26.7 Å². The SMILES string of the molecule is COc1cccc(OC2CCN(C(=O)CNC(=O)[C@H](Cc3ccccn3)NC(=O)c3cc4cc(Cl)ccc4o3)CC2)n1. The van der Waals surface area contributed by atoms with Crippen LogP contribution in [-0.2, 0) is 16.0 Å². The number of pyridine rings is 2. The summed E-state index contributed by atoms with van der Waals surface area (Å²) >= 11 is 6.04. The molecule has 0 unspecified atom stereocenters. The normalized spacial score (nSPS) is 14.3. The fraction of sp³-hybridized carbons (Fsp3) is 0.300. The van der Waals surface area contributed by atoms with E-state index in [0.717, 1.165) is 0 Å². The van der Waals surface area contributed by atoms with Crippen LogP contribution in [0.1, 0.15) is 29.1 Å². The van der Waals surface area contributed by atoms with Gasteiger partial charge in [-0.1, -0.05) is 23.7 Å². The number of benzene rings is 1. The van der Waals surface area contributed by atoms with E-state index < -0.39 is 17.9 Å². The minimum Gasteiger partial charge on any atom is -0.481 e. The van der Waals surface area contributed by atoms with Crippen molar-refractivity contribution in [3.8, 4) is 11.8 Å². The average Bonchev–Trinajstić information content (AvgIpc) is 3.44. The van der Waals surface area contributed by atoms with Crippen molar-refractivity contribution >= 4 is 40.3 Å². The van der Waals surface area contributed by atoms with E-state index in [1.165, 1.54) is 0 Å². The second kappa shape index (κ2) is 13.3. The number of hydrogen-bond acceptors (Lipinski definition) is 8. The molecule has 1 fully saturated rings. The summed E-state index contributed by atoms with van der Waals surface area (Å²) < 4.78 is 16.7. The molecular weight excluding hydrogens is 562 g/mol. The van der Waals surface area contributed by atoms with Crippen molar-refractivity contribution in [1.82, 2.24) is 25.5 Å². The highest BCUT2D eigenvalue weighted by molar-refractivity contribution is 6.31. The molecule has 0 bridgehead atoms. The highest BCUT2D eigenvalue weighted by atomic mass is 35.5. The fourth-order valence-electron chi connectivity index (χ4n) is 4.66. The molecule has 3 amide bonds. The first kappa shape index (κ1) is 28.9. The Bertz CT molecular complexity index is 1550. The van der Waals surface area contributed by atoms with Gasteiger partial charge < -0.3 is 29.4 Å². The Kier molecular flexibility index (Phi) is 9.18. The molecule has 1 aliphatic heterocycles. The number of fused-ring (bicyclic) bond motifs is 1. The minimum absolute atomic E-state index is 0.0383. The number of halogens is 1. The molecule has 1 atom stereocenters. The quantitative estimate of drug-likeness (QED) is 0.286. The van der Waals surface area contributed by atoms with Gasteiger partial charge in [0.1, 0.15) is 17.7 Å². The molecule has 11 nitrogen and oxygen atoms in total. The van der Waals surface area contributed by atoms with Gasteiger partial charge in [-0.15, -0.1) is 0 Å². The summed E-state index contributed by atoms with van der Waals surface area (Å²) in [6, 6.07) is 16.2. The Balaban J connectivity index is 1.16. The molecule has 3 aromatic heterocycles. The largest absolute Gasteiger partial charge is 0.481 e. The predicted molar refractivity (Wildman–Crippen MR) is 154 cm³/mol. The Morgan fingerprint density at radius 3 is 2.64 bits per heavy atom. The number of ether oxygens (including phenoxy) is 2. The predicted octanol–water partition coefficient (Wildman–Crippen LogP) is 3.41. The molecule has 1 aliphatic rings. The number of likely N-dealkylation sites (tertiary alicyclic amines) is 1. The number of hydrogen-bond donors (Lipinski definition) is 2. The van der Waals surface area contributed by atoms with E-state index in [4.69, 9.17) is 25.5 Å². The molecule has 1 aromatic carbocycles. The number of nitrogens with zero attached hydrogens (tertiary/aromatic N) is 3. The summed E-state index contributed by atoms with van der Waals surface area (Å²) in [6.45, 7) is 0.751. The molecule has 42 heavy (non-hydrogen) atoms. The first-order chi connectivity index (χ1) is 20.4. The molecule has 0 saturated carbocycles. The third-order valence-electron chi connectivity index (χ3n) is 6.87. The number of nitrogens with one attached hydrogen (secondary N) is 2. The van der Waals surface area contributed by atoms with Gasteiger partial charge in [0.25, 0.3) is 5.91 Å². The highest BCUT2D eigenvalue weighted by Gasteiger charge is 2.27. The van der Waals surface area contributed by atoms with Crippen molar-refractivity contribution in [3.05, 3.63) is 83.3 Å². The zero-order valence-electron chi connectivity index (χ0n) is 22.9. The van der Waals surface area contributed by atoms with Crippen LogP contribution in [0.4, 0.5) is 0 Å². The number of carbonyl (C=O) groups excluding carboxylic acids is 3. The Morgan fingerprint density at radius 2 is 1.88 bits per heavy atom. The Labute approximate surface area is 247 Å². The monoisotopic (exact) mass is 591 g/mol. The van der Waals surface area contributed by atoms with E-state index in [0.29, 0.717) is 59.4 Å². The molecule has 4 heterocycles. The van der Waals surface area contributed by atoms with Crippen LogP contribution in [0.2, 0.25) is 5.02 Å². The molecule has 0 spiro atoms. The lowest BCUT2D eigenvalue weighted by atomic mass is 10.1. The van der Waals surface area contributed by atoms with Gasteiger partial charge in [0.2, 0.25) is 23.6 Å². The molecular formula is C30H30ClN5O6. The van der Waals surface area contributed by atoms with Gasteiger partial charge in [-0.3, -0.25) is 19.4 Å². The number of methoxy groups -OCH3 is 1. The third kappa shape index (κ3) is 7.35. The summed E-state index contributed by atoms with van der Waals surface area (Å²) in [4.78, 5) is 49.4. The summed E-state index contributed by atoms with van der Waals surface area (Å²) in [5, 5.41) is 6.58. The van der Waals surface area contributed by atoms with Gasteiger partial charge in [0.15, 0.2) is 5.76 Å². The number of piperidine rings is 1. The van der Waals surface area contributed by atoms with Crippen molar-refractivity contribution in [2.24, 2.45) is 0 Å². The summed E-state index contributed by atoms with van der Waals surface area (Å²) in [6.07, 6.45) is 2.89. The lowest BCUT2D eigenvalue weighted by molar-refractivity contribution is -0.134. The van der Waals surface area contributed by atoms with Gasteiger partial charge in [0.05, 0.1) is 13.7 Å². The zero-order chi connectivity index (χ0) is 29.5. The second-order valence-corrected chi connectivity index (χ2v) is 10.2. The minimum atomic E-state index is -0.994. The van der Waals surface area contributed by atoms with E-state index in [1.54, 1.807) is 78.9 Å². The van der Waals surface area contributed by atoms with Gasteiger partial charge in [-0.2, -0.15) is 4.98 Å². The van der Waals surface area contributed by atoms with Gasteiger partial charge in [0, 0.05) is 66.8 Å². The Hall–Kier alpha value is -4.64. The first-order valence-corrected chi connectivity index (χ1v) is 13.9. The number of rotatable bonds is 10. The standard InChI is InChI=1S/C30H30ClN5O6/c1-40-26-6-4-7-27(35-26)41-22-10-13-36(14-11-22)28(37)18-33-29(38)23(17-21-5-2-3-12-32-21)34-30(39)25-16-19-15-20(31)8-9-24(19)42-25/h2-9,12,15-16,22-23H,10-11,13-14,17-18H2,1H3,(H,33,38)(H,34,39)/t23-/m0/s1. The lowest BCUT2D eigenvalue weighted by Crippen LogP contribution is -2.51. The number of furan rings is 1. The topological polar surface area (TPSA) is 136 Å². The Morgan fingerprint density at radius 1 is 1.07 bits per heavy atom. The van der Waals surface area contributed by atoms with Crippen LogP contribution in [-0.4, -0.2) is 71.5 Å². The lowest BCUT2D eigenvalue weighted by Gasteiger charge is -2.32. The molecule has 12 heteroatoms. The maximum atomic E-state index is 13.2. The van der Waals surface area contributed by atoms with Crippen LogP contribution in [0.3, 0.4) is 0 Å². The van der Waals surface area contributed by atoms with Crippen LogP contribution in [0, 0.1) is 0 Å². The summed E-state index contributed by atoms with van der Waals surface area (Å²) in [5.41, 5.74) is 1.10. The van der Waals surface area contributed by atoms with E-state index in [9.17, 15) is 14.4 Å². The van der Waals surface area contributed by atoms with Crippen LogP contribution < -0.4 is 20.1 Å².